The molecule has 0 N–H and O–H groups in total. The summed E-state index contributed by atoms with van der Waals surface area (Å²) in [6.45, 7) is 0.976. The van der Waals surface area contributed by atoms with Crippen LogP contribution in [0.3, 0.4) is 0 Å². The number of methoxy groups -OCH3 is 4. The molecule has 3 aromatic carbocycles. The Morgan fingerprint density at radius 3 is 1.53 bits per heavy atom. The minimum Gasteiger partial charge on any atom is -0.497 e. The Morgan fingerprint density at radius 1 is 0.625 bits per heavy atom. The highest BCUT2D eigenvalue weighted by molar-refractivity contribution is 5.79. The third-order valence-corrected chi connectivity index (χ3v) is 5.22. The van der Waals surface area contributed by atoms with E-state index in [0.717, 1.165) is 28.2 Å². The molecule has 0 aliphatic heterocycles. The van der Waals surface area contributed by atoms with E-state index in [0.29, 0.717) is 24.6 Å². The lowest BCUT2D eigenvalue weighted by atomic mass is 10.1. The van der Waals surface area contributed by atoms with E-state index in [4.69, 9.17) is 18.9 Å². The highest BCUT2D eigenvalue weighted by Crippen LogP contribution is 2.28. The number of amides is 1. The SMILES string of the molecule is COc1ccc(CN(Cc2ccc(OC)cc2)C(=O)Cc2ccc(OC)c(OC)c2)cc1. The summed E-state index contributed by atoms with van der Waals surface area (Å²) in [4.78, 5) is 15.2. The van der Waals surface area contributed by atoms with Crippen LogP contribution >= 0.6 is 0 Å². The quantitative estimate of drug-likeness (QED) is 0.470. The molecule has 0 spiro atoms. The van der Waals surface area contributed by atoms with Crippen molar-refractivity contribution in [1.82, 2.24) is 4.90 Å². The molecule has 3 rings (SSSR count). The van der Waals surface area contributed by atoms with Gasteiger partial charge in [-0.05, 0) is 53.1 Å². The second-order valence-corrected chi connectivity index (χ2v) is 7.31. The van der Waals surface area contributed by atoms with Gasteiger partial charge in [-0.15, -0.1) is 0 Å². The first-order valence-corrected chi connectivity index (χ1v) is 10.3. The summed E-state index contributed by atoms with van der Waals surface area (Å²) in [6, 6.07) is 21.1. The van der Waals surface area contributed by atoms with Crippen LogP contribution < -0.4 is 18.9 Å². The zero-order valence-electron chi connectivity index (χ0n) is 19.0. The molecule has 0 aliphatic carbocycles. The van der Waals surface area contributed by atoms with Crippen molar-refractivity contribution in [2.75, 3.05) is 28.4 Å². The summed E-state index contributed by atoms with van der Waals surface area (Å²) in [5.41, 5.74) is 2.92. The van der Waals surface area contributed by atoms with Crippen LogP contribution in [0.25, 0.3) is 0 Å². The van der Waals surface area contributed by atoms with Crippen LogP contribution in [0.4, 0.5) is 0 Å². The van der Waals surface area contributed by atoms with E-state index in [1.54, 1.807) is 28.4 Å². The van der Waals surface area contributed by atoms with Crippen molar-refractivity contribution in [3.05, 3.63) is 83.4 Å². The van der Waals surface area contributed by atoms with Crippen molar-refractivity contribution in [1.29, 1.82) is 0 Å². The van der Waals surface area contributed by atoms with Crippen molar-refractivity contribution >= 4 is 5.91 Å². The average Bonchev–Trinajstić information content (AvgIpc) is 2.84. The number of nitrogens with zero attached hydrogens (tertiary/aromatic N) is 1. The van der Waals surface area contributed by atoms with Crippen LogP contribution in [-0.2, 0) is 24.3 Å². The maximum atomic E-state index is 13.3. The van der Waals surface area contributed by atoms with Crippen LogP contribution in [0.5, 0.6) is 23.0 Å². The van der Waals surface area contributed by atoms with Gasteiger partial charge >= 0.3 is 0 Å². The van der Waals surface area contributed by atoms with Gasteiger partial charge in [0, 0.05) is 13.1 Å². The van der Waals surface area contributed by atoms with Gasteiger partial charge in [-0.1, -0.05) is 30.3 Å². The van der Waals surface area contributed by atoms with Crippen LogP contribution in [-0.4, -0.2) is 39.2 Å². The fourth-order valence-electron chi connectivity index (χ4n) is 3.41. The largest absolute Gasteiger partial charge is 0.497 e. The Hall–Kier alpha value is -3.67. The summed E-state index contributed by atoms with van der Waals surface area (Å²) in [5.74, 6) is 2.83. The summed E-state index contributed by atoms with van der Waals surface area (Å²) in [5, 5.41) is 0. The predicted octanol–water partition coefficient (Wildman–Crippen LogP) is 4.49. The topological polar surface area (TPSA) is 57.2 Å². The molecule has 0 atom stereocenters. The van der Waals surface area contributed by atoms with Crippen LogP contribution in [0.15, 0.2) is 66.7 Å². The van der Waals surface area contributed by atoms with Gasteiger partial charge < -0.3 is 23.8 Å². The molecule has 0 aromatic heterocycles. The van der Waals surface area contributed by atoms with Gasteiger partial charge in [0.15, 0.2) is 11.5 Å². The lowest BCUT2D eigenvalue weighted by molar-refractivity contribution is -0.131. The summed E-state index contributed by atoms with van der Waals surface area (Å²) < 4.78 is 21.2. The number of benzene rings is 3. The minimum atomic E-state index is 0.0175. The highest BCUT2D eigenvalue weighted by Gasteiger charge is 2.17. The van der Waals surface area contributed by atoms with E-state index in [2.05, 4.69) is 0 Å². The normalized spacial score (nSPS) is 10.4. The first-order chi connectivity index (χ1) is 15.6. The molecule has 0 bridgehead atoms. The molecular weight excluding hydrogens is 406 g/mol. The first-order valence-electron chi connectivity index (χ1n) is 10.3. The summed E-state index contributed by atoms with van der Waals surface area (Å²) in [6.07, 6.45) is 0.257. The van der Waals surface area contributed by atoms with Crippen LogP contribution in [0.2, 0.25) is 0 Å². The van der Waals surface area contributed by atoms with E-state index in [1.165, 1.54) is 0 Å². The van der Waals surface area contributed by atoms with Gasteiger partial charge in [-0.25, -0.2) is 0 Å². The fourth-order valence-corrected chi connectivity index (χ4v) is 3.41. The van der Waals surface area contributed by atoms with Crippen molar-refractivity contribution in [2.24, 2.45) is 0 Å². The fraction of sp³-hybridized carbons (Fsp3) is 0.269. The first kappa shape index (κ1) is 23.0. The molecule has 1 amide bonds. The molecule has 0 saturated heterocycles. The minimum absolute atomic E-state index is 0.0175. The second-order valence-electron chi connectivity index (χ2n) is 7.31. The highest BCUT2D eigenvalue weighted by atomic mass is 16.5. The summed E-state index contributed by atoms with van der Waals surface area (Å²) in [7, 11) is 6.45. The Balaban J connectivity index is 1.81. The monoisotopic (exact) mass is 435 g/mol. The number of ether oxygens (including phenoxy) is 4. The molecule has 32 heavy (non-hydrogen) atoms. The zero-order valence-corrected chi connectivity index (χ0v) is 19.0. The third-order valence-electron chi connectivity index (χ3n) is 5.22. The molecule has 0 unspecified atom stereocenters. The predicted molar refractivity (Wildman–Crippen MR) is 123 cm³/mol. The summed E-state index contributed by atoms with van der Waals surface area (Å²) >= 11 is 0. The van der Waals surface area contributed by atoms with Crippen LogP contribution in [0.1, 0.15) is 16.7 Å². The third kappa shape index (κ3) is 5.94. The molecule has 6 nitrogen and oxygen atoms in total. The molecule has 6 heteroatoms. The number of hydrogen-bond acceptors (Lipinski definition) is 5. The Labute approximate surface area is 189 Å². The van der Waals surface area contributed by atoms with E-state index in [-0.39, 0.29) is 12.3 Å². The molecule has 0 saturated carbocycles. The average molecular weight is 436 g/mol. The number of hydrogen-bond donors (Lipinski definition) is 0. The Morgan fingerprint density at radius 2 is 1.09 bits per heavy atom. The number of rotatable bonds is 10. The molecule has 168 valence electrons. The molecular formula is C26H29NO5. The molecule has 0 aliphatic rings. The molecule has 0 fully saturated rings. The standard InChI is InChI=1S/C26H29NO5/c1-29-22-10-5-19(6-11-22)17-27(18-20-7-12-23(30-2)13-8-20)26(28)16-21-9-14-24(31-3)25(15-21)32-4/h5-15H,16-18H2,1-4H3. The van der Waals surface area contributed by atoms with E-state index >= 15 is 0 Å². The maximum Gasteiger partial charge on any atom is 0.227 e. The maximum absolute atomic E-state index is 13.3. The van der Waals surface area contributed by atoms with Crippen molar-refractivity contribution in [2.45, 2.75) is 19.5 Å². The molecule has 0 heterocycles. The molecule has 0 radical (unpaired) electrons. The lowest BCUT2D eigenvalue weighted by Crippen LogP contribution is -2.31. The smallest absolute Gasteiger partial charge is 0.227 e. The van der Waals surface area contributed by atoms with Gasteiger partial charge in [0.05, 0.1) is 34.9 Å². The number of carbonyl (C=O) groups is 1. The molecule has 3 aromatic rings. The second kappa shape index (κ2) is 11.1. The van der Waals surface area contributed by atoms with Crippen molar-refractivity contribution in [3.8, 4) is 23.0 Å². The van der Waals surface area contributed by atoms with Crippen LogP contribution in [0, 0.1) is 0 Å². The lowest BCUT2D eigenvalue weighted by Gasteiger charge is -2.24. The van der Waals surface area contributed by atoms with Gasteiger partial charge in [0.2, 0.25) is 5.91 Å². The Bertz CT molecular complexity index is 966. The number of carbonyl (C=O) groups excluding carboxylic acids is 1. The van der Waals surface area contributed by atoms with Gasteiger partial charge in [0.25, 0.3) is 0 Å². The van der Waals surface area contributed by atoms with Gasteiger partial charge in [0.1, 0.15) is 11.5 Å². The van der Waals surface area contributed by atoms with Gasteiger partial charge in [-0.2, -0.15) is 0 Å². The van der Waals surface area contributed by atoms with Gasteiger partial charge in [-0.3, -0.25) is 4.79 Å². The van der Waals surface area contributed by atoms with E-state index in [1.807, 2.05) is 71.6 Å². The van der Waals surface area contributed by atoms with E-state index in [9.17, 15) is 4.79 Å². The van der Waals surface area contributed by atoms with Crippen molar-refractivity contribution < 1.29 is 23.7 Å². The zero-order chi connectivity index (χ0) is 22.9. The Kier molecular flexibility index (Phi) is 7.97. The van der Waals surface area contributed by atoms with Crippen molar-refractivity contribution in [3.63, 3.8) is 0 Å². The van der Waals surface area contributed by atoms with E-state index < -0.39 is 0 Å².